The normalized spacial score (nSPS) is 11.1. The maximum absolute atomic E-state index is 13.6. The van der Waals surface area contributed by atoms with Crippen LogP contribution in [0.25, 0.3) is 0 Å². The van der Waals surface area contributed by atoms with Crippen LogP contribution in [0, 0.1) is 11.6 Å². The number of hydrogen-bond donors (Lipinski definition) is 1. The summed E-state index contributed by atoms with van der Waals surface area (Å²) >= 11 is 0. The van der Waals surface area contributed by atoms with Crippen LogP contribution < -0.4 is 0 Å². The molecule has 106 valence electrons. The van der Waals surface area contributed by atoms with Gasteiger partial charge in [-0.3, -0.25) is 0 Å². The van der Waals surface area contributed by atoms with Gasteiger partial charge < -0.3 is 5.11 Å². The van der Waals surface area contributed by atoms with E-state index in [1.807, 2.05) is 0 Å². The van der Waals surface area contributed by atoms with Crippen molar-refractivity contribution < 1.29 is 18.7 Å². The summed E-state index contributed by atoms with van der Waals surface area (Å²) in [5, 5.41) is 16.3. The molecule has 0 amide bonds. The molecule has 7 heteroatoms. The van der Waals surface area contributed by atoms with E-state index in [1.54, 1.807) is 13.8 Å². The second-order valence-corrected chi connectivity index (χ2v) is 4.64. The molecule has 0 aliphatic rings. The Morgan fingerprint density at radius 1 is 1.35 bits per heavy atom. The summed E-state index contributed by atoms with van der Waals surface area (Å²) in [6, 6.07) is 3.55. The number of aromatic carboxylic acids is 1. The second-order valence-electron chi connectivity index (χ2n) is 4.64. The number of carboxylic acids is 1. The van der Waals surface area contributed by atoms with E-state index in [2.05, 4.69) is 10.3 Å². The SMILES string of the molecule is CC(C)c1c(C(=O)O)nnn1Cc1c(F)cccc1F. The van der Waals surface area contributed by atoms with Crippen LogP contribution in [0.2, 0.25) is 0 Å². The van der Waals surface area contributed by atoms with Crippen LogP contribution in [-0.2, 0) is 6.54 Å². The number of benzene rings is 1. The molecule has 0 saturated carbocycles. The van der Waals surface area contributed by atoms with Crippen LogP contribution in [0.4, 0.5) is 8.78 Å². The zero-order chi connectivity index (χ0) is 14.9. The van der Waals surface area contributed by atoms with E-state index in [0.29, 0.717) is 5.69 Å². The van der Waals surface area contributed by atoms with E-state index in [-0.39, 0.29) is 23.7 Å². The Labute approximate surface area is 113 Å². The molecule has 0 radical (unpaired) electrons. The number of carbonyl (C=O) groups is 1. The average Bonchev–Trinajstić information content (AvgIpc) is 2.78. The van der Waals surface area contributed by atoms with Crippen molar-refractivity contribution >= 4 is 5.97 Å². The predicted molar refractivity (Wildman–Crippen MR) is 66.5 cm³/mol. The lowest BCUT2D eigenvalue weighted by Crippen LogP contribution is -2.12. The van der Waals surface area contributed by atoms with Gasteiger partial charge in [0.1, 0.15) is 11.6 Å². The highest BCUT2D eigenvalue weighted by atomic mass is 19.1. The Morgan fingerprint density at radius 3 is 2.45 bits per heavy atom. The highest BCUT2D eigenvalue weighted by Crippen LogP contribution is 2.20. The van der Waals surface area contributed by atoms with Crippen molar-refractivity contribution in [3.63, 3.8) is 0 Å². The number of halogens is 2. The summed E-state index contributed by atoms with van der Waals surface area (Å²) < 4.78 is 28.5. The first-order valence-electron chi connectivity index (χ1n) is 6.01. The molecule has 5 nitrogen and oxygen atoms in total. The quantitative estimate of drug-likeness (QED) is 0.934. The molecule has 1 N–H and O–H groups in total. The van der Waals surface area contributed by atoms with E-state index in [4.69, 9.17) is 5.11 Å². The standard InChI is InChI=1S/C13H13F2N3O2/c1-7(2)12-11(13(19)20)16-17-18(12)6-8-9(14)4-3-5-10(8)15/h3-5,7H,6H2,1-2H3,(H,19,20). The Hall–Kier alpha value is -2.31. The molecule has 0 fully saturated rings. The van der Waals surface area contributed by atoms with Crippen LogP contribution in [0.5, 0.6) is 0 Å². The highest BCUT2D eigenvalue weighted by molar-refractivity contribution is 5.86. The molecule has 0 spiro atoms. The van der Waals surface area contributed by atoms with Gasteiger partial charge in [-0.1, -0.05) is 25.1 Å². The molecular weight excluding hydrogens is 268 g/mol. The first-order chi connectivity index (χ1) is 9.41. The van der Waals surface area contributed by atoms with Crippen molar-refractivity contribution in [2.24, 2.45) is 0 Å². The van der Waals surface area contributed by atoms with Crippen LogP contribution in [0.15, 0.2) is 18.2 Å². The molecule has 0 aliphatic carbocycles. The minimum Gasteiger partial charge on any atom is -0.476 e. The number of aromatic nitrogens is 3. The smallest absolute Gasteiger partial charge is 0.358 e. The molecule has 0 saturated heterocycles. The third-order valence-electron chi connectivity index (χ3n) is 2.89. The first-order valence-corrected chi connectivity index (χ1v) is 6.01. The van der Waals surface area contributed by atoms with Gasteiger partial charge in [-0.25, -0.2) is 18.3 Å². The Kier molecular flexibility index (Phi) is 3.78. The second kappa shape index (κ2) is 5.36. The van der Waals surface area contributed by atoms with Crippen LogP contribution >= 0.6 is 0 Å². The molecule has 20 heavy (non-hydrogen) atoms. The topological polar surface area (TPSA) is 68.0 Å². The van der Waals surface area contributed by atoms with Crippen molar-refractivity contribution in [1.82, 2.24) is 15.0 Å². The van der Waals surface area contributed by atoms with E-state index in [1.165, 1.54) is 10.7 Å². The number of carboxylic acid groups (broad SMARTS) is 1. The summed E-state index contributed by atoms with van der Waals surface area (Å²) in [5.41, 5.74) is -0.0341. The minimum absolute atomic E-state index is 0.170. The molecule has 1 heterocycles. The summed E-state index contributed by atoms with van der Waals surface area (Å²) in [6.07, 6.45) is 0. The number of nitrogens with zero attached hydrogens (tertiary/aromatic N) is 3. The molecule has 1 aromatic carbocycles. The number of rotatable bonds is 4. The molecule has 0 atom stereocenters. The molecule has 0 aliphatic heterocycles. The van der Waals surface area contributed by atoms with Gasteiger partial charge in [0.15, 0.2) is 5.69 Å². The molecule has 0 bridgehead atoms. The van der Waals surface area contributed by atoms with Gasteiger partial charge in [0, 0.05) is 5.56 Å². The lowest BCUT2D eigenvalue weighted by Gasteiger charge is -2.11. The van der Waals surface area contributed by atoms with Gasteiger partial charge in [0.25, 0.3) is 0 Å². The largest absolute Gasteiger partial charge is 0.476 e. The Morgan fingerprint density at radius 2 is 1.95 bits per heavy atom. The van der Waals surface area contributed by atoms with Crippen molar-refractivity contribution in [1.29, 1.82) is 0 Å². The van der Waals surface area contributed by atoms with Gasteiger partial charge in [-0.2, -0.15) is 0 Å². The summed E-state index contributed by atoms with van der Waals surface area (Å²) in [6.45, 7) is 3.32. The van der Waals surface area contributed by atoms with Gasteiger partial charge in [0.05, 0.1) is 12.2 Å². The van der Waals surface area contributed by atoms with Crippen molar-refractivity contribution in [3.8, 4) is 0 Å². The van der Waals surface area contributed by atoms with Gasteiger partial charge in [0.2, 0.25) is 0 Å². The van der Waals surface area contributed by atoms with E-state index in [9.17, 15) is 13.6 Å². The molecular formula is C13H13F2N3O2. The number of hydrogen-bond acceptors (Lipinski definition) is 3. The summed E-state index contributed by atoms with van der Waals surface area (Å²) in [7, 11) is 0. The predicted octanol–water partition coefficient (Wildman–Crippen LogP) is 2.43. The molecule has 0 unspecified atom stereocenters. The molecule has 2 aromatic rings. The van der Waals surface area contributed by atoms with Crippen LogP contribution in [0.1, 0.15) is 41.5 Å². The minimum atomic E-state index is -1.21. The molecule has 2 rings (SSSR count). The lowest BCUT2D eigenvalue weighted by molar-refractivity contribution is 0.0688. The summed E-state index contributed by atoms with van der Waals surface area (Å²) in [5.74, 6) is -2.81. The summed E-state index contributed by atoms with van der Waals surface area (Å²) in [4.78, 5) is 11.1. The van der Waals surface area contributed by atoms with Gasteiger partial charge in [-0.05, 0) is 18.1 Å². The third-order valence-corrected chi connectivity index (χ3v) is 2.89. The first kappa shape index (κ1) is 14.1. The van der Waals surface area contributed by atoms with Gasteiger partial charge >= 0.3 is 5.97 Å². The van der Waals surface area contributed by atoms with E-state index >= 15 is 0 Å². The molecule has 1 aromatic heterocycles. The van der Waals surface area contributed by atoms with E-state index in [0.717, 1.165) is 12.1 Å². The van der Waals surface area contributed by atoms with Crippen molar-refractivity contribution in [2.75, 3.05) is 0 Å². The zero-order valence-electron chi connectivity index (χ0n) is 11.0. The average molecular weight is 281 g/mol. The van der Waals surface area contributed by atoms with Crippen molar-refractivity contribution in [3.05, 3.63) is 46.8 Å². The third kappa shape index (κ3) is 2.52. The Balaban J connectivity index is 2.47. The fourth-order valence-electron chi connectivity index (χ4n) is 1.99. The van der Waals surface area contributed by atoms with Crippen LogP contribution in [-0.4, -0.2) is 26.1 Å². The van der Waals surface area contributed by atoms with Gasteiger partial charge in [-0.15, -0.1) is 5.10 Å². The monoisotopic (exact) mass is 281 g/mol. The van der Waals surface area contributed by atoms with Crippen LogP contribution in [0.3, 0.4) is 0 Å². The van der Waals surface area contributed by atoms with Crippen molar-refractivity contribution in [2.45, 2.75) is 26.3 Å². The lowest BCUT2D eigenvalue weighted by atomic mass is 10.1. The Bertz CT molecular complexity index is 633. The highest BCUT2D eigenvalue weighted by Gasteiger charge is 2.22. The fraction of sp³-hybridized carbons (Fsp3) is 0.308. The fourth-order valence-corrected chi connectivity index (χ4v) is 1.99. The maximum atomic E-state index is 13.6. The zero-order valence-corrected chi connectivity index (χ0v) is 11.0. The van der Waals surface area contributed by atoms with E-state index < -0.39 is 17.6 Å². The maximum Gasteiger partial charge on any atom is 0.358 e.